The van der Waals surface area contributed by atoms with E-state index in [4.69, 9.17) is 9.26 Å². The van der Waals surface area contributed by atoms with Crippen LogP contribution in [0.4, 0.5) is 0 Å². The van der Waals surface area contributed by atoms with Gasteiger partial charge in [-0.2, -0.15) is 4.98 Å². The Morgan fingerprint density at radius 2 is 1.95 bits per heavy atom. The molecule has 2 saturated heterocycles. The molecule has 0 spiro atoms. The second kappa shape index (κ2) is 6.88. The van der Waals surface area contributed by atoms with Crippen LogP contribution in [0.1, 0.15) is 63.8 Å². The van der Waals surface area contributed by atoms with E-state index in [9.17, 15) is 0 Å². The van der Waals surface area contributed by atoms with Crippen LogP contribution in [0.3, 0.4) is 0 Å². The van der Waals surface area contributed by atoms with Gasteiger partial charge in [-0.25, -0.2) is 0 Å². The van der Waals surface area contributed by atoms with E-state index in [-0.39, 0.29) is 6.10 Å². The van der Waals surface area contributed by atoms with Gasteiger partial charge in [0, 0.05) is 6.42 Å². The minimum atomic E-state index is 0.0184. The number of likely N-dealkylation sites (tertiary alicyclic amines) is 1. The second-order valence-corrected chi connectivity index (χ2v) is 6.69. The summed E-state index contributed by atoms with van der Waals surface area (Å²) in [6.45, 7) is 8.08. The first-order valence-electron chi connectivity index (χ1n) is 8.41. The van der Waals surface area contributed by atoms with E-state index in [0.717, 1.165) is 44.0 Å². The predicted octanol–water partition coefficient (Wildman–Crippen LogP) is 2.97. The normalized spacial score (nSPS) is 28.3. The highest BCUT2D eigenvalue weighted by atomic mass is 16.5. The van der Waals surface area contributed by atoms with Crippen LogP contribution in [0.2, 0.25) is 0 Å². The molecule has 3 heterocycles. The molecule has 2 aliphatic rings. The van der Waals surface area contributed by atoms with Crippen LogP contribution in [0.25, 0.3) is 0 Å². The highest BCUT2D eigenvalue weighted by Gasteiger charge is 2.28. The molecule has 0 amide bonds. The van der Waals surface area contributed by atoms with Gasteiger partial charge < -0.3 is 14.2 Å². The molecule has 0 bridgehead atoms. The van der Waals surface area contributed by atoms with Crippen molar-refractivity contribution in [1.82, 2.24) is 15.0 Å². The monoisotopic (exact) mass is 293 g/mol. The van der Waals surface area contributed by atoms with Gasteiger partial charge in [0.2, 0.25) is 0 Å². The molecule has 0 aliphatic carbocycles. The third kappa shape index (κ3) is 4.04. The lowest BCUT2D eigenvalue weighted by molar-refractivity contribution is 0.0355. The first-order valence-corrected chi connectivity index (χ1v) is 8.41. The summed E-state index contributed by atoms with van der Waals surface area (Å²) in [5.74, 6) is 2.40. The van der Waals surface area contributed by atoms with Crippen LogP contribution in [0, 0.1) is 5.92 Å². The van der Waals surface area contributed by atoms with Gasteiger partial charge in [-0.05, 0) is 64.6 Å². The van der Waals surface area contributed by atoms with Crippen molar-refractivity contribution in [1.29, 1.82) is 0 Å². The van der Waals surface area contributed by atoms with E-state index in [2.05, 4.69) is 28.9 Å². The van der Waals surface area contributed by atoms with Crippen LogP contribution >= 0.6 is 0 Å². The maximum Gasteiger partial charge on any atom is 0.255 e. The third-order valence-corrected chi connectivity index (χ3v) is 4.74. The fraction of sp³-hybridized carbons (Fsp3) is 0.875. The number of aromatic nitrogens is 2. The molecule has 2 fully saturated rings. The molecule has 1 aromatic rings. The van der Waals surface area contributed by atoms with Crippen molar-refractivity contribution >= 4 is 0 Å². The van der Waals surface area contributed by atoms with E-state index >= 15 is 0 Å². The Morgan fingerprint density at radius 1 is 1.14 bits per heavy atom. The summed E-state index contributed by atoms with van der Waals surface area (Å²) < 4.78 is 11.1. The lowest BCUT2D eigenvalue weighted by Crippen LogP contribution is -2.33. The van der Waals surface area contributed by atoms with Crippen LogP contribution in [0.5, 0.6) is 0 Å². The van der Waals surface area contributed by atoms with Crippen molar-refractivity contribution in [3.8, 4) is 0 Å². The molecule has 0 N–H and O–H groups in total. The van der Waals surface area contributed by atoms with E-state index in [1.807, 2.05) is 0 Å². The zero-order chi connectivity index (χ0) is 14.7. The Bertz CT molecular complexity index is 440. The van der Waals surface area contributed by atoms with Gasteiger partial charge >= 0.3 is 0 Å². The number of piperidine rings is 1. The fourth-order valence-electron chi connectivity index (χ4n) is 3.23. The van der Waals surface area contributed by atoms with Gasteiger partial charge in [-0.1, -0.05) is 12.1 Å². The molecule has 21 heavy (non-hydrogen) atoms. The lowest BCUT2D eigenvalue weighted by atomic mass is 9.99. The number of rotatable bonds is 5. The van der Waals surface area contributed by atoms with Crippen molar-refractivity contribution in [3.63, 3.8) is 0 Å². The molecule has 3 rings (SSSR count). The average molecular weight is 293 g/mol. The average Bonchev–Trinajstić information content (AvgIpc) is 3.10. The number of hydrogen-bond donors (Lipinski definition) is 0. The van der Waals surface area contributed by atoms with E-state index in [1.54, 1.807) is 0 Å². The molecule has 118 valence electrons. The Morgan fingerprint density at radius 3 is 2.67 bits per heavy atom. The Balaban J connectivity index is 1.41. The Hall–Kier alpha value is -0.940. The fourth-order valence-corrected chi connectivity index (χ4v) is 3.23. The van der Waals surface area contributed by atoms with E-state index < -0.39 is 0 Å². The molecule has 0 unspecified atom stereocenters. The SMILES string of the molecule is CC1CCN(CCCc2noc([C@@H]3CC[C@H](C)O3)n2)CC1. The molecule has 2 atom stereocenters. The van der Waals surface area contributed by atoms with Gasteiger partial charge in [-0.3, -0.25) is 0 Å². The smallest absolute Gasteiger partial charge is 0.255 e. The topological polar surface area (TPSA) is 51.4 Å². The van der Waals surface area contributed by atoms with E-state index in [0.29, 0.717) is 12.0 Å². The summed E-state index contributed by atoms with van der Waals surface area (Å²) in [6.07, 6.45) is 7.08. The van der Waals surface area contributed by atoms with E-state index in [1.165, 1.54) is 25.9 Å². The number of ether oxygens (including phenoxy) is 1. The lowest BCUT2D eigenvalue weighted by Gasteiger charge is -2.29. The van der Waals surface area contributed by atoms with Gasteiger partial charge in [0.05, 0.1) is 6.10 Å². The van der Waals surface area contributed by atoms with Crippen molar-refractivity contribution in [2.24, 2.45) is 5.92 Å². The van der Waals surface area contributed by atoms with Crippen molar-refractivity contribution < 1.29 is 9.26 Å². The largest absolute Gasteiger partial charge is 0.365 e. The molecular weight excluding hydrogens is 266 g/mol. The highest BCUT2D eigenvalue weighted by molar-refractivity contribution is 4.93. The quantitative estimate of drug-likeness (QED) is 0.835. The number of aryl methyl sites for hydroxylation is 1. The van der Waals surface area contributed by atoms with Gasteiger partial charge in [0.1, 0.15) is 6.10 Å². The summed E-state index contributed by atoms with van der Waals surface area (Å²) >= 11 is 0. The van der Waals surface area contributed by atoms with Crippen LogP contribution < -0.4 is 0 Å². The molecule has 5 heteroatoms. The van der Waals surface area contributed by atoms with Gasteiger partial charge in [0.25, 0.3) is 5.89 Å². The molecule has 5 nitrogen and oxygen atoms in total. The zero-order valence-corrected chi connectivity index (χ0v) is 13.3. The first-order chi connectivity index (χ1) is 10.2. The van der Waals surface area contributed by atoms with Crippen LogP contribution in [-0.2, 0) is 11.2 Å². The Labute approximate surface area is 127 Å². The summed E-state index contributed by atoms with van der Waals surface area (Å²) in [6, 6.07) is 0. The molecule has 0 radical (unpaired) electrons. The second-order valence-electron chi connectivity index (χ2n) is 6.69. The third-order valence-electron chi connectivity index (χ3n) is 4.74. The number of hydrogen-bond acceptors (Lipinski definition) is 5. The van der Waals surface area contributed by atoms with Crippen molar-refractivity contribution in [2.45, 2.75) is 64.6 Å². The summed E-state index contributed by atoms with van der Waals surface area (Å²) in [4.78, 5) is 7.06. The Kier molecular flexibility index (Phi) is 4.91. The summed E-state index contributed by atoms with van der Waals surface area (Å²) in [5, 5.41) is 4.10. The maximum absolute atomic E-state index is 5.77. The summed E-state index contributed by atoms with van der Waals surface area (Å²) in [5.41, 5.74) is 0. The predicted molar refractivity (Wildman–Crippen MR) is 80.0 cm³/mol. The van der Waals surface area contributed by atoms with Gasteiger partial charge in [-0.15, -0.1) is 0 Å². The van der Waals surface area contributed by atoms with Crippen molar-refractivity contribution in [3.05, 3.63) is 11.7 Å². The number of nitrogens with zero attached hydrogens (tertiary/aromatic N) is 3. The molecule has 1 aromatic heterocycles. The minimum Gasteiger partial charge on any atom is -0.365 e. The van der Waals surface area contributed by atoms with Crippen molar-refractivity contribution in [2.75, 3.05) is 19.6 Å². The standard InChI is InChI=1S/C16H27N3O2/c1-12-7-10-19(11-8-12)9-3-4-15-17-16(21-18-15)14-6-5-13(2)20-14/h12-14H,3-11H2,1-2H3/t13-,14-/m0/s1. The molecule has 0 aromatic carbocycles. The summed E-state index contributed by atoms with van der Waals surface area (Å²) in [7, 11) is 0. The highest BCUT2D eigenvalue weighted by Crippen LogP contribution is 2.31. The van der Waals surface area contributed by atoms with Crippen LogP contribution in [0.15, 0.2) is 4.52 Å². The molecule has 2 aliphatic heterocycles. The maximum atomic E-state index is 5.77. The van der Waals surface area contributed by atoms with Crippen LogP contribution in [-0.4, -0.2) is 40.8 Å². The minimum absolute atomic E-state index is 0.0184. The molecular formula is C16H27N3O2. The van der Waals surface area contributed by atoms with Gasteiger partial charge in [0.15, 0.2) is 5.82 Å². The first kappa shape index (κ1) is 15.0. The molecule has 0 saturated carbocycles. The zero-order valence-electron chi connectivity index (χ0n) is 13.3.